The number of aliphatic hydroxyl groups excluding tert-OH is 1. The summed E-state index contributed by atoms with van der Waals surface area (Å²) in [6.07, 6.45) is 3.36. The van der Waals surface area contributed by atoms with Crippen molar-refractivity contribution in [1.82, 2.24) is 25.2 Å². The minimum Gasteiger partial charge on any atom is -0.394 e. The van der Waals surface area contributed by atoms with Crippen molar-refractivity contribution in [3.8, 4) is 0 Å². The van der Waals surface area contributed by atoms with E-state index in [2.05, 4.69) is 20.3 Å². The summed E-state index contributed by atoms with van der Waals surface area (Å²) >= 11 is 0. The van der Waals surface area contributed by atoms with Crippen LogP contribution in [-0.2, 0) is 4.79 Å². The Bertz CT molecular complexity index is 965. The second kappa shape index (κ2) is 8.27. The maximum absolute atomic E-state index is 12.8. The first kappa shape index (κ1) is 18.9. The Morgan fingerprint density at radius 2 is 1.83 bits per heavy atom. The third-order valence-electron chi connectivity index (χ3n) is 4.99. The smallest absolute Gasteiger partial charge is 0.268 e. The minimum atomic E-state index is -0.992. The van der Waals surface area contributed by atoms with E-state index in [9.17, 15) is 14.7 Å². The third-order valence-corrected chi connectivity index (χ3v) is 4.99. The molecule has 2 aromatic heterocycles. The molecule has 1 fully saturated rings. The van der Waals surface area contributed by atoms with Gasteiger partial charge in [-0.1, -0.05) is 18.2 Å². The van der Waals surface area contributed by atoms with E-state index in [1.807, 2.05) is 29.2 Å². The van der Waals surface area contributed by atoms with Crippen LogP contribution in [0.3, 0.4) is 0 Å². The molecule has 1 aromatic carbocycles. The molecule has 0 saturated carbocycles. The Morgan fingerprint density at radius 1 is 1.10 bits per heavy atom. The van der Waals surface area contributed by atoms with Crippen LogP contribution in [0.2, 0.25) is 0 Å². The number of fused-ring (bicyclic) bond motifs is 1. The van der Waals surface area contributed by atoms with Crippen molar-refractivity contribution in [3.63, 3.8) is 0 Å². The zero-order valence-electron chi connectivity index (χ0n) is 15.8. The number of carbonyl (C=O) groups excluding carboxylic acids is 2. The van der Waals surface area contributed by atoms with E-state index in [-0.39, 0.29) is 5.91 Å². The number of amides is 2. The largest absolute Gasteiger partial charge is 0.394 e. The Kier molecular flexibility index (Phi) is 5.39. The lowest BCUT2D eigenvalue weighted by Gasteiger charge is -2.36. The van der Waals surface area contributed by atoms with E-state index >= 15 is 0 Å². The maximum Gasteiger partial charge on any atom is 0.268 e. The van der Waals surface area contributed by atoms with Gasteiger partial charge in [0.05, 0.1) is 6.61 Å². The van der Waals surface area contributed by atoms with E-state index in [4.69, 9.17) is 0 Å². The molecule has 3 N–H and O–H groups in total. The average Bonchev–Trinajstić information content (AvgIpc) is 3.22. The minimum absolute atomic E-state index is 0.300. The second-order valence-corrected chi connectivity index (χ2v) is 6.84. The monoisotopic (exact) mass is 394 g/mol. The molecule has 2 amide bonds. The van der Waals surface area contributed by atoms with Crippen LogP contribution in [0, 0.1) is 0 Å². The number of para-hydroxylation sites is 1. The molecule has 3 aromatic rings. The van der Waals surface area contributed by atoms with Crippen LogP contribution >= 0.6 is 0 Å². The van der Waals surface area contributed by atoms with Gasteiger partial charge in [0, 0.05) is 49.5 Å². The molecule has 0 aliphatic carbocycles. The van der Waals surface area contributed by atoms with Gasteiger partial charge in [0.1, 0.15) is 11.7 Å². The number of nitrogens with zero attached hydrogens (tertiary/aromatic N) is 4. The Balaban J connectivity index is 1.37. The number of anilines is 1. The van der Waals surface area contributed by atoms with Crippen LogP contribution in [0.25, 0.3) is 10.9 Å². The van der Waals surface area contributed by atoms with Crippen LogP contribution in [0.4, 0.5) is 5.95 Å². The Hall–Kier alpha value is -3.46. The molecule has 1 atom stereocenters. The number of benzene rings is 1. The summed E-state index contributed by atoms with van der Waals surface area (Å²) in [5.74, 6) is -0.0964. The van der Waals surface area contributed by atoms with Gasteiger partial charge in [0.2, 0.25) is 11.9 Å². The van der Waals surface area contributed by atoms with E-state index in [0.717, 1.165) is 10.9 Å². The number of aromatic amines is 1. The molecule has 9 heteroatoms. The van der Waals surface area contributed by atoms with E-state index in [1.165, 1.54) is 0 Å². The molecule has 9 nitrogen and oxygen atoms in total. The number of H-pyrrole nitrogens is 1. The van der Waals surface area contributed by atoms with Crippen molar-refractivity contribution < 1.29 is 14.7 Å². The zero-order chi connectivity index (χ0) is 20.2. The summed E-state index contributed by atoms with van der Waals surface area (Å²) in [4.78, 5) is 40.5. The first-order valence-corrected chi connectivity index (χ1v) is 9.46. The summed E-state index contributed by atoms with van der Waals surface area (Å²) in [7, 11) is 0. The van der Waals surface area contributed by atoms with Crippen molar-refractivity contribution in [2.75, 3.05) is 37.7 Å². The number of aromatic nitrogens is 3. The molecule has 150 valence electrons. The van der Waals surface area contributed by atoms with Crippen molar-refractivity contribution in [2.24, 2.45) is 0 Å². The number of aliphatic hydroxyl groups is 1. The molecule has 1 saturated heterocycles. The van der Waals surface area contributed by atoms with Crippen LogP contribution in [0.1, 0.15) is 10.5 Å². The fourth-order valence-electron chi connectivity index (χ4n) is 3.42. The summed E-state index contributed by atoms with van der Waals surface area (Å²) in [5.41, 5.74) is 1.19. The van der Waals surface area contributed by atoms with Gasteiger partial charge in [-0.15, -0.1) is 0 Å². The average molecular weight is 394 g/mol. The van der Waals surface area contributed by atoms with Crippen molar-refractivity contribution >= 4 is 28.7 Å². The molecular formula is C20H22N6O3. The van der Waals surface area contributed by atoms with Crippen LogP contribution in [-0.4, -0.2) is 75.6 Å². The highest BCUT2D eigenvalue weighted by molar-refractivity contribution is 6.00. The van der Waals surface area contributed by atoms with Crippen molar-refractivity contribution in [2.45, 2.75) is 6.04 Å². The van der Waals surface area contributed by atoms with Gasteiger partial charge in [-0.2, -0.15) is 0 Å². The molecule has 29 heavy (non-hydrogen) atoms. The molecule has 0 radical (unpaired) electrons. The van der Waals surface area contributed by atoms with Crippen LogP contribution < -0.4 is 10.2 Å². The predicted molar refractivity (Wildman–Crippen MR) is 107 cm³/mol. The van der Waals surface area contributed by atoms with E-state index < -0.39 is 18.6 Å². The normalized spacial score (nSPS) is 15.3. The topological polar surface area (TPSA) is 114 Å². The van der Waals surface area contributed by atoms with Crippen LogP contribution in [0.5, 0.6) is 0 Å². The highest BCUT2D eigenvalue weighted by atomic mass is 16.3. The lowest BCUT2D eigenvalue weighted by Crippen LogP contribution is -2.56. The first-order valence-electron chi connectivity index (χ1n) is 9.46. The van der Waals surface area contributed by atoms with Gasteiger partial charge < -0.3 is 25.2 Å². The molecule has 1 unspecified atom stereocenters. The van der Waals surface area contributed by atoms with Gasteiger partial charge in [-0.05, 0) is 18.2 Å². The number of piperazine rings is 1. The number of hydrogen-bond acceptors (Lipinski definition) is 6. The van der Waals surface area contributed by atoms with Crippen molar-refractivity contribution in [3.05, 3.63) is 54.5 Å². The summed E-state index contributed by atoms with van der Waals surface area (Å²) in [6, 6.07) is 10.0. The Labute approximate surface area is 167 Å². The van der Waals surface area contributed by atoms with Crippen molar-refractivity contribution in [1.29, 1.82) is 0 Å². The molecule has 1 aliphatic heterocycles. The molecule has 1 aliphatic rings. The van der Waals surface area contributed by atoms with E-state index in [0.29, 0.717) is 37.8 Å². The van der Waals surface area contributed by atoms with Crippen LogP contribution in [0.15, 0.2) is 48.8 Å². The SMILES string of the molecule is O=C(NC(CO)C(=O)N1CCN(c2ncccn2)CC1)c1cc2ccccc2[nH]1. The molecular weight excluding hydrogens is 372 g/mol. The summed E-state index contributed by atoms with van der Waals surface area (Å²) < 4.78 is 0. The lowest BCUT2D eigenvalue weighted by atomic mass is 10.2. The fourth-order valence-corrected chi connectivity index (χ4v) is 3.42. The molecule has 0 bridgehead atoms. The number of carbonyl (C=O) groups is 2. The van der Waals surface area contributed by atoms with Gasteiger partial charge in [0.15, 0.2) is 0 Å². The number of nitrogens with one attached hydrogen (secondary N) is 2. The second-order valence-electron chi connectivity index (χ2n) is 6.84. The van der Waals surface area contributed by atoms with Gasteiger partial charge in [0.25, 0.3) is 5.91 Å². The van der Waals surface area contributed by atoms with Gasteiger partial charge in [-0.25, -0.2) is 9.97 Å². The van der Waals surface area contributed by atoms with Gasteiger partial charge in [-0.3, -0.25) is 9.59 Å². The Morgan fingerprint density at radius 3 is 2.52 bits per heavy atom. The standard InChI is InChI=1S/C20H22N6O3/c27-13-17(24-18(28)16-12-14-4-1-2-5-15(14)23-16)19(29)25-8-10-26(11-9-25)20-21-6-3-7-22-20/h1-7,12,17,23,27H,8-11,13H2,(H,24,28). The molecule has 3 heterocycles. The fraction of sp³-hybridized carbons (Fsp3) is 0.300. The van der Waals surface area contributed by atoms with Gasteiger partial charge >= 0.3 is 0 Å². The third kappa shape index (κ3) is 4.04. The molecule has 0 spiro atoms. The number of rotatable bonds is 5. The quantitative estimate of drug-likeness (QED) is 0.577. The highest BCUT2D eigenvalue weighted by Gasteiger charge is 2.29. The van der Waals surface area contributed by atoms with E-state index in [1.54, 1.807) is 29.4 Å². The zero-order valence-corrected chi connectivity index (χ0v) is 15.8. The maximum atomic E-state index is 12.8. The summed E-state index contributed by atoms with van der Waals surface area (Å²) in [5, 5.41) is 13.2. The highest BCUT2D eigenvalue weighted by Crippen LogP contribution is 2.15. The first-order chi connectivity index (χ1) is 14.2. The predicted octanol–water partition coefficient (Wildman–Crippen LogP) is 0.397. The summed E-state index contributed by atoms with van der Waals surface area (Å²) in [6.45, 7) is 1.65. The molecule has 4 rings (SSSR count). The number of hydrogen-bond donors (Lipinski definition) is 3. The lowest BCUT2D eigenvalue weighted by molar-refractivity contribution is -0.134.